The number of amides is 1. The SMILES string of the molecule is O=C(Nc1ccc(N=S2(=O)CCCC2)cc1)[C@H]1CC=CCC1. The maximum absolute atomic E-state index is 12.4. The highest BCUT2D eigenvalue weighted by Crippen LogP contribution is 2.24. The molecule has 1 aliphatic heterocycles. The highest BCUT2D eigenvalue weighted by Gasteiger charge is 2.19. The van der Waals surface area contributed by atoms with Crippen LogP contribution in [-0.2, 0) is 14.5 Å². The molecule has 22 heavy (non-hydrogen) atoms. The molecular weight excluding hydrogens is 296 g/mol. The molecule has 1 fully saturated rings. The highest BCUT2D eigenvalue weighted by atomic mass is 32.2. The van der Waals surface area contributed by atoms with Gasteiger partial charge in [-0.05, 0) is 56.4 Å². The van der Waals surface area contributed by atoms with Gasteiger partial charge < -0.3 is 5.32 Å². The molecule has 2 aliphatic rings. The van der Waals surface area contributed by atoms with Crippen LogP contribution in [0.15, 0.2) is 40.8 Å². The molecule has 118 valence electrons. The Labute approximate surface area is 132 Å². The van der Waals surface area contributed by atoms with Crippen LogP contribution in [-0.4, -0.2) is 21.6 Å². The third-order valence-electron chi connectivity index (χ3n) is 4.22. The number of nitrogens with zero attached hydrogens (tertiary/aromatic N) is 1. The van der Waals surface area contributed by atoms with Crippen molar-refractivity contribution >= 4 is 27.0 Å². The Morgan fingerprint density at radius 1 is 1.14 bits per heavy atom. The van der Waals surface area contributed by atoms with Crippen LogP contribution in [0.5, 0.6) is 0 Å². The minimum absolute atomic E-state index is 0.0715. The van der Waals surface area contributed by atoms with Crippen LogP contribution >= 0.6 is 0 Å². The summed E-state index contributed by atoms with van der Waals surface area (Å²) in [6.45, 7) is 0. The van der Waals surface area contributed by atoms with Gasteiger partial charge in [0.2, 0.25) is 5.91 Å². The number of hydrogen-bond donors (Lipinski definition) is 1. The molecule has 5 heteroatoms. The van der Waals surface area contributed by atoms with Crippen LogP contribution in [0.4, 0.5) is 11.4 Å². The van der Waals surface area contributed by atoms with Gasteiger partial charge in [0.05, 0.1) is 15.4 Å². The molecule has 0 aromatic heterocycles. The lowest BCUT2D eigenvalue weighted by Crippen LogP contribution is -2.23. The summed E-state index contributed by atoms with van der Waals surface area (Å²) in [5, 5.41) is 2.96. The number of nitrogens with one attached hydrogen (secondary N) is 1. The summed E-state index contributed by atoms with van der Waals surface area (Å²) in [5.41, 5.74) is 1.52. The Morgan fingerprint density at radius 3 is 2.50 bits per heavy atom. The fourth-order valence-electron chi connectivity index (χ4n) is 2.92. The second kappa shape index (κ2) is 6.65. The summed E-state index contributed by atoms with van der Waals surface area (Å²) in [7, 11) is -2.03. The molecule has 1 aromatic carbocycles. The van der Waals surface area contributed by atoms with E-state index in [2.05, 4.69) is 21.8 Å². The van der Waals surface area contributed by atoms with Crippen LogP contribution in [0.3, 0.4) is 0 Å². The molecule has 1 aromatic rings. The van der Waals surface area contributed by atoms with Crippen molar-refractivity contribution in [3.8, 4) is 0 Å². The van der Waals surface area contributed by atoms with Crippen LogP contribution < -0.4 is 5.32 Å². The van der Waals surface area contributed by atoms with Gasteiger partial charge >= 0.3 is 0 Å². The first-order valence-electron chi connectivity index (χ1n) is 7.93. The van der Waals surface area contributed by atoms with E-state index < -0.39 is 9.73 Å². The van der Waals surface area contributed by atoms with Crippen molar-refractivity contribution in [1.29, 1.82) is 0 Å². The first-order valence-corrected chi connectivity index (χ1v) is 9.78. The smallest absolute Gasteiger partial charge is 0.227 e. The molecule has 0 saturated carbocycles. The van der Waals surface area contributed by atoms with Crippen LogP contribution in [0.1, 0.15) is 32.1 Å². The minimum Gasteiger partial charge on any atom is -0.326 e. The number of anilines is 1. The van der Waals surface area contributed by atoms with Gasteiger partial charge in [0, 0.05) is 23.1 Å². The molecule has 4 nitrogen and oxygen atoms in total. The van der Waals surface area contributed by atoms with E-state index in [1.807, 2.05) is 24.3 Å². The molecule has 0 unspecified atom stereocenters. The maximum atomic E-state index is 12.4. The van der Waals surface area contributed by atoms with Gasteiger partial charge in [-0.1, -0.05) is 12.2 Å². The van der Waals surface area contributed by atoms with Crippen LogP contribution in [0.25, 0.3) is 0 Å². The third kappa shape index (κ3) is 3.77. The molecule has 1 aliphatic carbocycles. The molecule has 1 N–H and O–H groups in total. The van der Waals surface area contributed by atoms with E-state index in [1.54, 1.807) is 0 Å². The van der Waals surface area contributed by atoms with Crippen molar-refractivity contribution in [1.82, 2.24) is 0 Å². The standard InChI is InChI=1S/C17H22N2O2S/c20-17(14-6-2-1-3-7-14)18-15-8-10-16(11-9-15)19-22(21)12-4-5-13-22/h1-2,8-11,14H,3-7,12-13H2,(H,18,20)/t14-/m0/s1. The lowest BCUT2D eigenvalue weighted by Gasteiger charge is -2.17. The summed E-state index contributed by atoms with van der Waals surface area (Å²) < 4.78 is 16.8. The third-order valence-corrected chi connectivity index (χ3v) is 6.62. The van der Waals surface area contributed by atoms with Gasteiger partial charge in [-0.25, -0.2) is 4.21 Å². The lowest BCUT2D eigenvalue weighted by molar-refractivity contribution is -0.120. The van der Waals surface area contributed by atoms with Gasteiger partial charge in [-0.3, -0.25) is 4.79 Å². The molecular formula is C17H22N2O2S. The topological polar surface area (TPSA) is 58.5 Å². The summed E-state index contributed by atoms with van der Waals surface area (Å²) in [6, 6.07) is 7.35. The molecule has 1 atom stereocenters. The number of rotatable bonds is 3. The normalized spacial score (nSPS) is 23.2. The zero-order chi connectivity index (χ0) is 15.4. The zero-order valence-electron chi connectivity index (χ0n) is 12.7. The highest BCUT2D eigenvalue weighted by molar-refractivity contribution is 7.93. The molecule has 0 bridgehead atoms. The molecule has 0 radical (unpaired) electrons. The van der Waals surface area contributed by atoms with Crippen LogP contribution in [0, 0.1) is 5.92 Å². The van der Waals surface area contributed by atoms with Crippen molar-refractivity contribution in [2.75, 3.05) is 16.8 Å². The Hall–Kier alpha value is -1.62. The summed E-state index contributed by atoms with van der Waals surface area (Å²) in [4.78, 5) is 12.2. The Morgan fingerprint density at radius 2 is 1.86 bits per heavy atom. The molecule has 3 rings (SSSR count). The van der Waals surface area contributed by atoms with E-state index in [-0.39, 0.29) is 11.8 Å². The predicted octanol–water partition coefficient (Wildman–Crippen LogP) is 3.87. The average Bonchev–Trinajstić information content (AvgIpc) is 2.96. The Bertz CT molecular complexity index is 673. The van der Waals surface area contributed by atoms with Gasteiger partial charge in [0.15, 0.2) is 0 Å². The zero-order valence-corrected chi connectivity index (χ0v) is 13.5. The second-order valence-electron chi connectivity index (χ2n) is 6.00. The van der Waals surface area contributed by atoms with Crippen molar-refractivity contribution in [3.63, 3.8) is 0 Å². The van der Waals surface area contributed by atoms with Crippen molar-refractivity contribution in [3.05, 3.63) is 36.4 Å². The number of hydrogen-bond acceptors (Lipinski definition) is 3. The van der Waals surface area contributed by atoms with E-state index in [0.717, 1.165) is 43.5 Å². The number of allylic oxidation sites excluding steroid dienone is 2. The lowest BCUT2D eigenvalue weighted by atomic mass is 9.93. The maximum Gasteiger partial charge on any atom is 0.227 e. The van der Waals surface area contributed by atoms with Gasteiger partial charge in [0.25, 0.3) is 0 Å². The largest absolute Gasteiger partial charge is 0.326 e. The van der Waals surface area contributed by atoms with Crippen molar-refractivity contribution in [2.45, 2.75) is 32.1 Å². The molecule has 1 heterocycles. The number of carbonyl (C=O) groups is 1. The van der Waals surface area contributed by atoms with E-state index in [0.29, 0.717) is 11.5 Å². The summed E-state index contributed by atoms with van der Waals surface area (Å²) in [6.07, 6.45) is 8.93. The first kappa shape index (κ1) is 15.3. The fraction of sp³-hybridized carbons (Fsp3) is 0.471. The number of carbonyl (C=O) groups excluding carboxylic acids is 1. The summed E-state index contributed by atoms with van der Waals surface area (Å²) in [5.74, 6) is 1.57. The van der Waals surface area contributed by atoms with E-state index in [1.165, 1.54) is 0 Å². The molecule has 0 spiro atoms. The molecule has 1 amide bonds. The number of benzene rings is 1. The van der Waals surface area contributed by atoms with Crippen LogP contribution in [0.2, 0.25) is 0 Å². The van der Waals surface area contributed by atoms with Crippen molar-refractivity contribution in [2.24, 2.45) is 10.3 Å². The van der Waals surface area contributed by atoms with Crippen molar-refractivity contribution < 1.29 is 9.00 Å². The second-order valence-corrected chi connectivity index (χ2v) is 8.54. The van der Waals surface area contributed by atoms with Gasteiger partial charge in [0.1, 0.15) is 0 Å². The summed E-state index contributed by atoms with van der Waals surface area (Å²) >= 11 is 0. The average molecular weight is 318 g/mol. The quantitative estimate of drug-likeness (QED) is 0.860. The van der Waals surface area contributed by atoms with Gasteiger partial charge in [-0.15, -0.1) is 0 Å². The Balaban J connectivity index is 1.65. The minimum atomic E-state index is -2.03. The van der Waals surface area contributed by atoms with E-state index >= 15 is 0 Å². The van der Waals surface area contributed by atoms with E-state index in [4.69, 9.17) is 0 Å². The fourth-order valence-corrected chi connectivity index (χ4v) is 5.13. The Kier molecular flexibility index (Phi) is 4.62. The monoisotopic (exact) mass is 318 g/mol. The molecule has 1 saturated heterocycles. The van der Waals surface area contributed by atoms with E-state index in [9.17, 15) is 9.00 Å². The van der Waals surface area contributed by atoms with Gasteiger partial charge in [-0.2, -0.15) is 4.36 Å². The predicted molar refractivity (Wildman–Crippen MR) is 90.8 cm³/mol. The first-order chi connectivity index (χ1) is 10.6.